The molecule has 4 saturated carbocycles. The lowest BCUT2D eigenvalue weighted by atomic mass is 9.35. The zero-order chi connectivity index (χ0) is 28.7. The van der Waals surface area contributed by atoms with Crippen molar-refractivity contribution in [2.24, 2.45) is 34.0 Å². The van der Waals surface area contributed by atoms with Crippen molar-refractivity contribution in [3.05, 3.63) is 48.1 Å². The molecule has 4 bridgehead atoms. The molecule has 0 aromatic heterocycles. The first-order valence-electron chi connectivity index (χ1n) is 14.3. The van der Waals surface area contributed by atoms with Gasteiger partial charge >= 0.3 is 11.9 Å². The molecule has 8 nitrogen and oxygen atoms in total. The highest BCUT2D eigenvalue weighted by atomic mass is 16.7. The van der Waals surface area contributed by atoms with Crippen molar-refractivity contribution >= 4 is 18.0 Å². The molecule has 216 valence electrons. The van der Waals surface area contributed by atoms with E-state index in [2.05, 4.69) is 20.4 Å². The van der Waals surface area contributed by atoms with Crippen LogP contribution in [0.4, 0.5) is 0 Å². The van der Waals surface area contributed by atoms with E-state index in [1.807, 2.05) is 24.3 Å². The SMILES string of the molecule is C=C1CC23C(CC[C@@H]1[C@H]2OC(=O)/C=C/c1ccc(OC)cc1)C12CO[C@@]3(O)[C@@H](O)[C@@H]1C(C)(C)CCC2OC(C)=O. The van der Waals surface area contributed by atoms with Crippen LogP contribution in [0.3, 0.4) is 0 Å². The molecule has 8 heteroatoms. The van der Waals surface area contributed by atoms with Crippen LogP contribution in [-0.4, -0.2) is 60.0 Å². The normalized spacial score (nSPS) is 42.7. The number of hydrogen-bond acceptors (Lipinski definition) is 8. The van der Waals surface area contributed by atoms with E-state index in [4.69, 9.17) is 18.9 Å². The van der Waals surface area contributed by atoms with Gasteiger partial charge in [0, 0.05) is 30.3 Å². The fraction of sp³-hybridized carbons (Fsp3) is 0.625. The standard InChI is InChI=1S/C32H40O8/c1-18-16-31-23(12-11-22(18)28(31)40-25(34)13-8-20-6-9-21(37-5)10-7-20)30-17-38-32(31,36)27(35)26(30)29(3,4)15-14-24(30)39-19(2)33/h6-10,13,22-24,26-28,35-36H,1,11-12,14-17H2,2-5H3/b13-8+/t22-,23?,24?,26+,27-,28+,30?,31?,32-/m0/s1. The third kappa shape index (κ3) is 3.55. The number of carbonyl (C=O) groups is 2. The van der Waals surface area contributed by atoms with Crippen molar-refractivity contribution in [1.29, 1.82) is 0 Å². The average molecular weight is 553 g/mol. The summed E-state index contributed by atoms with van der Waals surface area (Å²) in [5.74, 6) is -2.83. The van der Waals surface area contributed by atoms with Crippen LogP contribution in [0, 0.1) is 34.0 Å². The van der Waals surface area contributed by atoms with Crippen molar-refractivity contribution in [3.8, 4) is 5.75 Å². The van der Waals surface area contributed by atoms with Gasteiger partial charge in [0.05, 0.1) is 19.1 Å². The van der Waals surface area contributed by atoms with E-state index >= 15 is 0 Å². The first-order valence-corrected chi connectivity index (χ1v) is 14.3. The van der Waals surface area contributed by atoms with E-state index in [9.17, 15) is 19.8 Å². The minimum absolute atomic E-state index is 0.160. The molecular weight excluding hydrogens is 512 g/mol. The highest BCUT2D eigenvalue weighted by Gasteiger charge is 2.85. The Kier molecular flexibility index (Phi) is 6.30. The van der Waals surface area contributed by atoms with Crippen LogP contribution >= 0.6 is 0 Å². The molecule has 6 aliphatic rings. The van der Waals surface area contributed by atoms with Crippen LogP contribution in [0.1, 0.15) is 58.4 Å². The summed E-state index contributed by atoms with van der Waals surface area (Å²) in [7, 11) is 1.60. The molecule has 1 aromatic rings. The van der Waals surface area contributed by atoms with Crippen molar-refractivity contribution in [2.45, 2.75) is 77.0 Å². The molecule has 6 fully saturated rings. The number of benzene rings is 1. The summed E-state index contributed by atoms with van der Waals surface area (Å²) >= 11 is 0. The van der Waals surface area contributed by atoms with Gasteiger partial charge in [0.15, 0.2) is 0 Å². The number of esters is 2. The van der Waals surface area contributed by atoms with E-state index in [0.717, 1.165) is 36.1 Å². The van der Waals surface area contributed by atoms with Crippen molar-refractivity contribution in [2.75, 3.05) is 13.7 Å². The third-order valence-corrected chi connectivity index (χ3v) is 11.0. The fourth-order valence-corrected chi connectivity index (χ4v) is 9.65. The maximum Gasteiger partial charge on any atom is 0.331 e. The molecule has 0 amide bonds. The molecule has 2 heterocycles. The Balaban J connectivity index is 1.40. The summed E-state index contributed by atoms with van der Waals surface area (Å²) in [5.41, 5.74) is -0.444. The molecule has 4 aliphatic carbocycles. The van der Waals surface area contributed by atoms with Crippen LogP contribution in [0.25, 0.3) is 6.08 Å². The van der Waals surface area contributed by atoms with E-state index in [-0.39, 0.29) is 35.7 Å². The molecule has 40 heavy (non-hydrogen) atoms. The number of ether oxygens (including phenoxy) is 4. The Morgan fingerprint density at radius 3 is 2.52 bits per heavy atom. The molecule has 7 rings (SSSR count). The van der Waals surface area contributed by atoms with E-state index < -0.39 is 40.9 Å². The largest absolute Gasteiger partial charge is 0.497 e. The zero-order valence-corrected chi connectivity index (χ0v) is 23.7. The molecular formula is C32H40O8. The highest BCUT2D eigenvalue weighted by Crippen LogP contribution is 2.78. The number of hydrogen-bond donors (Lipinski definition) is 2. The Morgan fingerprint density at radius 1 is 1.12 bits per heavy atom. The first-order chi connectivity index (χ1) is 18.9. The maximum atomic E-state index is 13.3. The summed E-state index contributed by atoms with van der Waals surface area (Å²) in [6, 6.07) is 7.31. The maximum absolute atomic E-state index is 13.3. The zero-order valence-electron chi connectivity index (χ0n) is 23.7. The second-order valence-corrected chi connectivity index (χ2v) is 13.2. The third-order valence-electron chi connectivity index (χ3n) is 11.0. The molecule has 2 aliphatic heterocycles. The van der Waals surface area contributed by atoms with Crippen LogP contribution in [0.15, 0.2) is 42.5 Å². The van der Waals surface area contributed by atoms with Crippen molar-refractivity contribution < 1.29 is 38.7 Å². The lowest BCUT2D eigenvalue weighted by Gasteiger charge is -2.75. The average Bonchev–Trinajstić information content (AvgIpc) is 3.06. The fourth-order valence-electron chi connectivity index (χ4n) is 9.65. The molecule has 2 spiro atoms. The van der Waals surface area contributed by atoms with Gasteiger partial charge in [-0.3, -0.25) is 4.79 Å². The summed E-state index contributed by atoms with van der Waals surface area (Å²) < 4.78 is 23.7. The minimum Gasteiger partial charge on any atom is -0.497 e. The molecule has 9 atom stereocenters. The topological polar surface area (TPSA) is 112 Å². The van der Waals surface area contributed by atoms with Gasteiger partial charge in [-0.1, -0.05) is 38.1 Å². The molecule has 2 saturated heterocycles. The van der Waals surface area contributed by atoms with Crippen molar-refractivity contribution in [1.82, 2.24) is 0 Å². The van der Waals surface area contributed by atoms with E-state index in [1.165, 1.54) is 13.0 Å². The predicted molar refractivity (Wildman–Crippen MR) is 146 cm³/mol. The molecule has 2 N–H and O–H groups in total. The van der Waals surface area contributed by atoms with Gasteiger partial charge in [-0.15, -0.1) is 0 Å². The number of methoxy groups -OCH3 is 1. The van der Waals surface area contributed by atoms with Gasteiger partial charge in [-0.25, -0.2) is 4.79 Å². The number of carbonyl (C=O) groups excluding carboxylic acids is 2. The minimum atomic E-state index is -1.93. The lowest BCUT2D eigenvalue weighted by Crippen LogP contribution is -2.84. The summed E-state index contributed by atoms with van der Waals surface area (Å²) in [6.07, 6.45) is 3.86. The first kappa shape index (κ1) is 27.5. The van der Waals surface area contributed by atoms with Gasteiger partial charge in [0.1, 0.15) is 24.1 Å². The van der Waals surface area contributed by atoms with Gasteiger partial charge < -0.3 is 29.2 Å². The highest BCUT2D eigenvalue weighted by molar-refractivity contribution is 5.87. The summed E-state index contributed by atoms with van der Waals surface area (Å²) in [5, 5.41) is 24.4. The van der Waals surface area contributed by atoms with Gasteiger partial charge in [0.2, 0.25) is 5.79 Å². The van der Waals surface area contributed by atoms with Crippen LogP contribution in [0.5, 0.6) is 5.75 Å². The quantitative estimate of drug-likeness (QED) is 0.320. The van der Waals surface area contributed by atoms with Crippen LogP contribution in [0.2, 0.25) is 0 Å². The van der Waals surface area contributed by atoms with Gasteiger partial charge in [-0.2, -0.15) is 0 Å². The Labute approximate surface area is 235 Å². The predicted octanol–water partition coefficient (Wildman–Crippen LogP) is 4.04. The number of fused-ring (bicyclic) bond motifs is 2. The molecule has 4 unspecified atom stereocenters. The number of aliphatic hydroxyl groups is 2. The van der Waals surface area contributed by atoms with Crippen molar-refractivity contribution in [3.63, 3.8) is 0 Å². The molecule has 0 radical (unpaired) electrons. The summed E-state index contributed by atoms with van der Waals surface area (Å²) in [4.78, 5) is 25.6. The van der Waals surface area contributed by atoms with Gasteiger partial charge in [0.25, 0.3) is 0 Å². The van der Waals surface area contributed by atoms with Crippen LogP contribution in [-0.2, 0) is 23.8 Å². The smallest absolute Gasteiger partial charge is 0.331 e. The van der Waals surface area contributed by atoms with E-state index in [0.29, 0.717) is 12.8 Å². The Hall–Kier alpha value is -2.68. The Bertz CT molecular complexity index is 1250. The monoisotopic (exact) mass is 552 g/mol. The van der Waals surface area contributed by atoms with Gasteiger partial charge in [-0.05, 0) is 67.2 Å². The van der Waals surface area contributed by atoms with Crippen LogP contribution < -0.4 is 4.74 Å². The number of rotatable bonds is 5. The Morgan fingerprint density at radius 2 is 1.85 bits per heavy atom. The lowest BCUT2D eigenvalue weighted by molar-refractivity contribution is -0.468. The second-order valence-electron chi connectivity index (χ2n) is 13.2. The molecule has 1 aromatic carbocycles. The number of aliphatic hydroxyl groups excluding tert-OH is 1. The second kappa shape index (κ2) is 9.16. The van der Waals surface area contributed by atoms with E-state index in [1.54, 1.807) is 13.2 Å². The summed E-state index contributed by atoms with van der Waals surface area (Å²) in [6.45, 7) is 10.1.